The van der Waals surface area contributed by atoms with Crippen LogP contribution in [0.5, 0.6) is 0 Å². The van der Waals surface area contributed by atoms with Crippen LogP contribution in [0.3, 0.4) is 0 Å². The summed E-state index contributed by atoms with van der Waals surface area (Å²) in [5, 5.41) is 9.74. The highest BCUT2D eigenvalue weighted by molar-refractivity contribution is 7.47. The molecular formula is C56H85O11P. The Hall–Kier alpha value is -4.64. The molecule has 11 nitrogen and oxygen atoms in total. The summed E-state index contributed by atoms with van der Waals surface area (Å²) in [5.74, 6) is -1.77. The Bertz CT molecular complexity index is 1690. The normalized spacial score (nSPS) is 14.7. The topological polar surface area (TPSA) is 155 Å². The van der Waals surface area contributed by atoms with Gasteiger partial charge in [-0.15, -0.1) is 0 Å². The average Bonchev–Trinajstić information content (AvgIpc) is 3.32. The molecule has 3 unspecified atom stereocenters. The maximum absolute atomic E-state index is 12.8. The summed E-state index contributed by atoms with van der Waals surface area (Å²) in [4.78, 5) is 48.1. The minimum atomic E-state index is -4.80. The van der Waals surface area contributed by atoms with E-state index in [2.05, 4.69) is 124 Å². The Labute approximate surface area is 410 Å². The van der Waals surface area contributed by atoms with Crippen molar-refractivity contribution in [3.8, 4) is 0 Å². The van der Waals surface area contributed by atoms with E-state index >= 15 is 0 Å². The Morgan fingerprint density at radius 1 is 0.426 bits per heavy atom. The van der Waals surface area contributed by atoms with Crippen LogP contribution in [0.15, 0.2) is 146 Å². The van der Waals surface area contributed by atoms with Crippen LogP contribution < -0.4 is 0 Å². The van der Waals surface area contributed by atoms with Crippen molar-refractivity contribution in [1.82, 2.24) is 0 Å². The van der Waals surface area contributed by atoms with Crippen LogP contribution in [0.4, 0.5) is 0 Å². The second kappa shape index (κ2) is 48.8. The molecule has 3 atom stereocenters. The first-order valence-electron chi connectivity index (χ1n) is 24.7. The third-order valence-electron chi connectivity index (χ3n) is 9.29. The summed E-state index contributed by atoms with van der Waals surface area (Å²) in [6.07, 6.45) is 61.6. The van der Waals surface area contributed by atoms with Gasteiger partial charge in [0, 0.05) is 12.8 Å². The van der Waals surface area contributed by atoms with Crippen molar-refractivity contribution < 1.29 is 52.2 Å². The lowest BCUT2D eigenvalue weighted by atomic mass is 10.1. The van der Waals surface area contributed by atoms with Gasteiger partial charge in [0.1, 0.15) is 12.7 Å². The number of phosphoric ester groups is 1. The quantitative estimate of drug-likeness (QED) is 0.0197. The third-order valence-corrected chi connectivity index (χ3v) is 10.2. The molecule has 0 aliphatic rings. The number of esters is 3. The highest BCUT2D eigenvalue weighted by atomic mass is 31.2. The summed E-state index contributed by atoms with van der Waals surface area (Å²) in [7, 11) is -4.80. The molecule has 0 amide bonds. The van der Waals surface area contributed by atoms with E-state index in [9.17, 15) is 28.9 Å². The van der Waals surface area contributed by atoms with Crippen LogP contribution >= 0.6 is 7.82 Å². The van der Waals surface area contributed by atoms with Crippen molar-refractivity contribution in [2.45, 2.75) is 161 Å². The van der Waals surface area contributed by atoms with Crippen molar-refractivity contribution in [3.63, 3.8) is 0 Å². The number of carbonyl (C=O) groups is 3. The number of allylic oxidation sites excluding steroid dienone is 23. The fourth-order valence-corrected chi connectivity index (χ4v) is 6.42. The van der Waals surface area contributed by atoms with E-state index < -0.39 is 64.4 Å². The summed E-state index contributed by atoms with van der Waals surface area (Å²) in [5.41, 5.74) is 0. The molecular weight excluding hydrogens is 880 g/mol. The number of ether oxygens (including phenoxy) is 3. The summed E-state index contributed by atoms with van der Waals surface area (Å²) in [6.45, 7) is 4.01. The lowest BCUT2D eigenvalue weighted by Gasteiger charge is -2.21. The second-order valence-electron chi connectivity index (χ2n) is 15.5. The highest BCUT2D eigenvalue weighted by Crippen LogP contribution is 2.43. The predicted molar refractivity (Wildman–Crippen MR) is 279 cm³/mol. The van der Waals surface area contributed by atoms with Crippen LogP contribution in [0.25, 0.3) is 0 Å². The van der Waals surface area contributed by atoms with Gasteiger partial charge in [0.25, 0.3) is 0 Å². The van der Waals surface area contributed by atoms with Crippen molar-refractivity contribution >= 4 is 25.7 Å². The molecule has 0 aliphatic heterocycles. The first kappa shape index (κ1) is 63.4. The fraction of sp³-hybridized carbons (Fsp3) is 0.518. The minimum absolute atomic E-state index is 0.0383. The van der Waals surface area contributed by atoms with E-state index in [4.69, 9.17) is 23.3 Å². The molecule has 68 heavy (non-hydrogen) atoms. The Morgan fingerprint density at radius 3 is 1.25 bits per heavy atom. The van der Waals surface area contributed by atoms with Crippen molar-refractivity contribution in [3.05, 3.63) is 146 Å². The fourth-order valence-electron chi connectivity index (χ4n) is 5.63. The summed E-state index contributed by atoms with van der Waals surface area (Å²) >= 11 is 0. The van der Waals surface area contributed by atoms with E-state index in [-0.39, 0.29) is 19.3 Å². The molecule has 0 saturated heterocycles. The molecule has 0 aromatic heterocycles. The number of hydrogen-bond acceptors (Lipinski definition) is 10. The first-order chi connectivity index (χ1) is 33.2. The van der Waals surface area contributed by atoms with E-state index in [1.165, 1.54) is 0 Å². The van der Waals surface area contributed by atoms with Gasteiger partial charge in [0.05, 0.1) is 26.2 Å². The molecule has 12 heteroatoms. The molecule has 380 valence electrons. The molecule has 0 fully saturated rings. The molecule has 0 aliphatic carbocycles. The number of aliphatic hydroxyl groups excluding tert-OH is 1. The van der Waals surface area contributed by atoms with Gasteiger partial charge >= 0.3 is 25.7 Å². The van der Waals surface area contributed by atoms with Gasteiger partial charge in [0.15, 0.2) is 6.10 Å². The number of aliphatic hydroxyl groups is 1. The van der Waals surface area contributed by atoms with Crippen molar-refractivity contribution in [1.29, 1.82) is 0 Å². The second-order valence-corrected chi connectivity index (χ2v) is 16.9. The highest BCUT2D eigenvalue weighted by Gasteiger charge is 2.28. The molecule has 0 aromatic rings. The zero-order valence-corrected chi connectivity index (χ0v) is 42.4. The van der Waals surface area contributed by atoms with Crippen molar-refractivity contribution in [2.24, 2.45) is 0 Å². The van der Waals surface area contributed by atoms with Crippen LogP contribution in [-0.4, -0.2) is 66.5 Å². The Kier molecular flexibility index (Phi) is 45.5. The van der Waals surface area contributed by atoms with Crippen LogP contribution in [0.1, 0.15) is 149 Å². The lowest BCUT2D eigenvalue weighted by Crippen LogP contribution is -2.30. The zero-order chi connectivity index (χ0) is 49.9. The van der Waals surface area contributed by atoms with E-state index in [1.807, 2.05) is 36.5 Å². The standard InChI is InChI=1S/C56H85O11P/c1-4-7-10-13-16-19-22-25-26-29-32-35-38-41-44-47-56(60)67-53(49-63-54(58)45-42-39-36-33-30-27-23-20-17-14-11-8-5-2)51-65-68(61,62)64-50-52(48-57)66-55(59)46-43-40-37-34-31-28-24-21-18-15-12-9-6-3/h7-12,16-21,25-28,30-32,35,37,40-41,44,52-53,57H,4-6,13-15,22-24,29,33-34,36,38-39,42-43,45-51H2,1-3H3,(H,61,62)/b10-7-,11-8-,12-9-,19-16-,20-17-,21-18-,26-25-,30-27-,31-28-,35-32-,40-37-,44-41-. The predicted octanol–water partition coefficient (Wildman–Crippen LogP) is 14.0. The maximum Gasteiger partial charge on any atom is 0.472 e. The molecule has 0 bridgehead atoms. The van der Waals surface area contributed by atoms with E-state index in [0.717, 1.165) is 89.9 Å². The Balaban J connectivity index is 5.01. The van der Waals surface area contributed by atoms with Gasteiger partial charge in [0.2, 0.25) is 0 Å². The maximum atomic E-state index is 12.8. The number of unbranched alkanes of at least 4 members (excludes halogenated alkanes) is 3. The molecule has 0 heterocycles. The number of phosphoric acid groups is 1. The summed E-state index contributed by atoms with van der Waals surface area (Å²) < 4.78 is 39.0. The molecule has 0 radical (unpaired) electrons. The van der Waals surface area contributed by atoms with Crippen LogP contribution in [0.2, 0.25) is 0 Å². The van der Waals surface area contributed by atoms with Gasteiger partial charge in [-0.1, -0.05) is 173 Å². The van der Waals surface area contributed by atoms with Gasteiger partial charge in [-0.25, -0.2) is 4.57 Å². The molecule has 0 spiro atoms. The first-order valence-corrected chi connectivity index (χ1v) is 26.2. The number of carbonyl (C=O) groups excluding carboxylic acids is 3. The number of rotatable bonds is 43. The van der Waals surface area contributed by atoms with Crippen LogP contribution in [0, 0.1) is 0 Å². The minimum Gasteiger partial charge on any atom is -0.462 e. The van der Waals surface area contributed by atoms with Gasteiger partial charge in [-0.05, 0) is 103 Å². The van der Waals surface area contributed by atoms with Gasteiger partial charge in [-0.2, -0.15) is 0 Å². The smallest absolute Gasteiger partial charge is 0.462 e. The average molecular weight is 965 g/mol. The monoisotopic (exact) mass is 965 g/mol. The number of hydrogen-bond donors (Lipinski definition) is 2. The van der Waals surface area contributed by atoms with E-state index in [1.54, 1.807) is 6.08 Å². The SMILES string of the molecule is CC/C=C\C/C=C\C/C=C\C/C=C\C/C=C\CC(=O)OC(COC(=O)CCCCC/C=C\C/C=C\C/C=C\CC)COP(=O)(O)OCC(CO)OC(=O)CC/C=C\C/C=C\C/C=C\C/C=C\CC. The molecule has 0 aromatic carbocycles. The summed E-state index contributed by atoms with van der Waals surface area (Å²) in [6, 6.07) is 0. The Morgan fingerprint density at radius 2 is 0.809 bits per heavy atom. The third kappa shape index (κ3) is 46.5. The van der Waals surface area contributed by atoms with Crippen LogP contribution in [-0.2, 0) is 42.2 Å². The largest absolute Gasteiger partial charge is 0.472 e. The van der Waals surface area contributed by atoms with E-state index in [0.29, 0.717) is 19.3 Å². The van der Waals surface area contributed by atoms with Crippen molar-refractivity contribution in [2.75, 3.05) is 26.4 Å². The lowest BCUT2D eigenvalue weighted by molar-refractivity contribution is -0.160. The molecule has 0 rings (SSSR count). The molecule has 0 saturated carbocycles. The zero-order valence-electron chi connectivity index (χ0n) is 41.5. The van der Waals surface area contributed by atoms with Gasteiger partial charge in [-0.3, -0.25) is 23.4 Å². The molecule has 2 N–H and O–H groups in total. The van der Waals surface area contributed by atoms with Gasteiger partial charge < -0.3 is 24.2 Å².